The van der Waals surface area contributed by atoms with Gasteiger partial charge in [0.05, 0.1) is 5.56 Å². The maximum absolute atomic E-state index is 12.7. The highest BCUT2D eigenvalue weighted by Gasteiger charge is 2.19. The Labute approximate surface area is 154 Å². The van der Waals surface area contributed by atoms with Crippen LogP contribution in [0.15, 0.2) is 57.1 Å². The van der Waals surface area contributed by atoms with Crippen LogP contribution in [0.25, 0.3) is 11.3 Å². The number of Topliss-reactive ketones (excluding diaryl/α,β-unsaturated/α-hetero) is 1. The zero-order chi connectivity index (χ0) is 18.7. The van der Waals surface area contributed by atoms with Crippen LogP contribution in [0.2, 0.25) is 5.02 Å². The molecule has 3 rings (SSSR count). The van der Waals surface area contributed by atoms with Gasteiger partial charge in [0.2, 0.25) is 5.78 Å². The lowest BCUT2D eigenvalue weighted by molar-refractivity contribution is 0.103. The molecule has 26 heavy (non-hydrogen) atoms. The topological polar surface area (TPSA) is 92.1 Å². The van der Waals surface area contributed by atoms with Gasteiger partial charge in [-0.15, -0.1) is 0 Å². The van der Waals surface area contributed by atoms with Crippen molar-refractivity contribution in [2.24, 2.45) is 0 Å². The number of hydrogen-bond donors (Lipinski definition) is 1. The summed E-state index contributed by atoms with van der Waals surface area (Å²) >= 11 is 5.89. The van der Waals surface area contributed by atoms with E-state index < -0.39 is 5.78 Å². The minimum Gasteiger partial charge on any atom is -0.461 e. The molecule has 6 nitrogen and oxygen atoms in total. The van der Waals surface area contributed by atoms with Gasteiger partial charge in [-0.1, -0.05) is 16.8 Å². The first-order valence-electron chi connectivity index (χ1n) is 7.69. The van der Waals surface area contributed by atoms with E-state index in [1.54, 1.807) is 50.2 Å². The molecule has 0 aliphatic carbocycles. The van der Waals surface area contributed by atoms with Gasteiger partial charge in [0, 0.05) is 22.9 Å². The van der Waals surface area contributed by atoms with Gasteiger partial charge in [0.1, 0.15) is 28.9 Å². The molecule has 1 aromatic carbocycles. The maximum Gasteiger partial charge on any atom is 0.208 e. The smallest absolute Gasteiger partial charge is 0.208 e. The van der Waals surface area contributed by atoms with Crippen LogP contribution in [-0.2, 0) is 0 Å². The normalized spacial score (nSPS) is 11.2. The molecule has 0 unspecified atom stereocenters. The first-order chi connectivity index (χ1) is 12.5. The van der Waals surface area contributed by atoms with Crippen molar-refractivity contribution in [2.75, 3.05) is 5.32 Å². The largest absolute Gasteiger partial charge is 0.461 e. The predicted octanol–water partition coefficient (Wildman–Crippen LogP) is 4.91. The molecule has 3 aromatic rings. The van der Waals surface area contributed by atoms with Gasteiger partial charge in [-0.05, 0) is 44.2 Å². The Morgan fingerprint density at radius 2 is 2.00 bits per heavy atom. The molecule has 0 atom stereocenters. The maximum atomic E-state index is 12.7. The van der Waals surface area contributed by atoms with Crippen molar-refractivity contribution in [3.63, 3.8) is 0 Å². The van der Waals surface area contributed by atoms with Crippen LogP contribution in [-0.4, -0.2) is 10.9 Å². The molecule has 0 aliphatic heterocycles. The van der Waals surface area contributed by atoms with Gasteiger partial charge >= 0.3 is 0 Å². The van der Waals surface area contributed by atoms with E-state index in [9.17, 15) is 10.1 Å². The van der Waals surface area contributed by atoms with Crippen molar-refractivity contribution >= 4 is 23.2 Å². The van der Waals surface area contributed by atoms with Gasteiger partial charge in [0.15, 0.2) is 5.82 Å². The van der Waals surface area contributed by atoms with Crippen LogP contribution < -0.4 is 5.32 Å². The lowest BCUT2D eigenvalue weighted by atomic mass is 10.0. The summed E-state index contributed by atoms with van der Waals surface area (Å²) < 4.78 is 10.6. The van der Waals surface area contributed by atoms with E-state index in [0.717, 1.165) is 5.56 Å². The van der Waals surface area contributed by atoms with Crippen LogP contribution in [0.1, 0.15) is 21.9 Å². The van der Waals surface area contributed by atoms with Gasteiger partial charge in [0.25, 0.3) is 0 Å². The summed E-state index contributed by atoms with van der Waals surface area (Å²) in [6.07, 6.45) is 1.30. The lowest BCUT2D eigenvalue weighted by Gasteiger charge is -1.98. The fraction of sp³-hybridized carbons (Fsp3) is 0.105. The van der Waals surface area contributed by atoms with E-state index in [-0.39, 0.29) is 5.57 Å². The Kier molecular flexibility index (Phi) is 4.92. The van der Waals surface area contributed by atoms with Crippen molar-refractivity contribution in [1.82, 2.24) is 5.16 Å². The molecule has 7 heteroatoms. The van der Waals surface area contributed by atoms with E-state index in [2.05, 4.69) is 10.5 Å². The minimum absolute atomic E-state index is 0.0720. The number of rotatable bonds is 5. The van der Waals surface area contributed by atoms with Gasteiger partial charge in [-0.25, -0.2) is 0 Å². The molecule has 0 fully saturated rings. The fourth-order valence-electron chi connectivity index (χ4n) is 2.34. The summed E-state index contributed by atoms with van der Waals surface area (Å²) in [5.74, 6) is 1.54. The third kappa shape index (κ3) is 3.68. The van der Waals surface area contributed by atoms with Crippen molar-refractivity contribution in [3.8, 4) is 17.4 Å². The molecule has 0 radical (unpaired) electrons. The number of nitriles is 1. The zero-order valence-electron chi connectivity index (χ0n) is 14.0. The van der Waals surface area contributed by atoms with E-state index >= 15 is 0 Å². The molecule has 1 N–H and O–H groups in total. The highest BCUT2D eigenvalue weighted by molar-refractivity contribution is 6.30. The molecule has 2 aromatic heterocycles. The van der Waals surface area contributed by atoms with Crippen LogP contribution in [0.4, 0.5) is 5.82 Å². The number of aromatic nitrogens is 1. The Hall–Kier alpha value is -3.30. The van der Waals surface area contributed by atoms with Crippen molar-refractivity contribution < 1.29 is 13.7 Å². The first kappa shape index (κ1) is 17.5. The number of nitrogens with one attached hydrogen (secondary N) is 1. The number of furan rings is 1. The number of allylic oxidation sites excluding steroid dienone is 1. The highest BCUT2D eigenvalue weighted by Crippen LogP contribution is 2.28. The molecular formula is C19H14ClN3O3. The molecule has 2 heterocycles. The number of anilines is 1. The van der Waals surface area contributed by atoms with Gasteiger partial charge < -0.3 is 14.3 Å². The number of hydrogen-bond acceptors (Lipinski definition) is 6. The zero-order valence-corrected chi connectivity index (χ0v) is 14.8. The van der Waals surface area contributed by atoms with Crippen LogP contribution in [0.5, 0.6) is 0 Å². The molecular weight excluding hydrogens is 354 g/mol. The number of halogens is 1. The second-order valence-corrected chi connectivity index (χ2v) is 5.99. The van der Waals surface area contributed by atoms with E-state index in [1.807, 2.05) is 6.07 Å². The second-order valence-electron chi connectivity index (χ2n) is 5.55. The second kappa shape index (κ2) is 7.30. The van der Waals surface area contributed by atoms with E-state index in [4.69, 9.17) is 20.5 Å². The monoisotopic (exact) mass is 367 g/mol. The van der Waals surface area contributed by atoms with Gasteiger partial charge in [-0.2, -0.15) is 5.26 Å². The molecule has 0 amide bonds. The Morgan fingerprint density at radius 1 is 1.27 bits per heavy atom. The van der Waals surface area contributed by atoms with Crippen LogP contribution in [0, 0.1) is 25.2 Å². The number of aryl methyl sites for hydroxylation is 2. The average Bonchev–Trinajstić information content (AvgIpc) is 3.21. The summed E-state index contributed by atoms with van der Waals surface area (Å²) in [7, 11) is 0. The number of carbonyl (C=O) groups excluding carboxylic acids is 1. The van der Waals surface area contributed by atoms with Gasteiger partial charge in [-0.3, -0.25) is 4.79 Å². The summed E-state index contributed by atoms with van der Waals surface area (Å²) in [4.78, 5) is 12.7. The Balaban J connectivity index is 1.86. The van der Waals surface area contributed by atoms with Crippen LogP contribution >= 0.6 is 11.6 Å². The molecule has 130 valence electrons. The van der Waals surface area contributed by atoms with E-state index in [0.29, 0.717) is 33.7 Å². The average molecular weight is 368 g/mol. The Bertz CT molecular complexity index is 1020. The van der Waals surface area contributed by atoms with Crippen molar-refractivity contribution in [1.29, 1.82) is 5.26 Å². The van der Waals surface area contributed by atoms with E-state index in [1.165, 1.54) is 6.20 Å². The molecule has 0 bridgehead atoms. The number of ketones is 1. The van der Waals surface area contributed by atoms with Crippen molar-refractivity contribution in [3.05, 3.63) is 70.3 Å². The van der Waals surface area contributed by atoms with Crippen LogP contribution in [0.3, 0.4) is 0 Å². The summed E-state index contributed by atoms with van der Waals surface area (Å²) in [5.41, 5.74) is 1.04. The third-order valence-electron chi connectivity index (χ3n) is 3.65. The minimum atomic E-state index is -0.443. The number of benzene rings is 1. The summed E-state index contributed by atoms with van der Waals surface area (Å²) in [6.45, 7) is 3.42. The Morgan fingerprint density at radius 3 is 2.62 bits per heavy atom. The quantitative estimate of drug-likeness (QED) is 0.391. The molecule has 0 saturated heterocycles. The van der Waals surface area contributed by atoms with Crippen molar-refractivity contribution in [2.45, 2.75) is 13.8 Å². The SMILES string of the molecule is Cc1cc(N/C=C(\C#N)C(=O)c2cc(-c3ccc(Cl)cc3)oc2C)no1. The first-order valence-corrected chi connectivity index (χ1v) is 8.07. The highest BCUT2D eigenvalue weighted by atomic mass is 35.5. The number of carbonyl (C=O) groups is 1. The third-order valence-corrected chi connectivity index (χ3v) is 3.90. The molecule has 0 spiro atoms. The predicted molar refractivity (Wildman–Crippen MR) is 96.8 cm³/mol. The molecule has 0 aliphatic rings. The number of nitrogens with zero attached hydrogens (tertiary/aromatic N) is 2. The summed E-state index contributed by atoms with van der Waals surface area (Å²) in [5, 5.41) is 16.4. The summed E-state index contributed by atoms with van der Waals surface area (Å²) in [6, 6.07) is 12.2. The molecule has 0 saturated carbocycles. The fourth-order valence-corrected chi connectivity index (χ4v) is 2.46. The lowest BCUT2D eigenvalue weighted by Crippen LogP contribution is -2.04. The standard InChI is InChI=1S/C19H14ClN3O3/c1-11-7-18(23-26-11)22-10-14(9-21)19(24)16-8-17(25-12(16)2)13-3-5-15(20)6-4-13/h3-8,10H,1-2H3,(H,22,23)/b14-10+.